The summed E-state index contributed by atoms with van der Waals surface area (Å²) >= 11 is 0. The third kappa shape index (κ3) is 2.19. The second-order valence-electron chi connectivity index (χ2n) is 4.36. The van der Waals surface area contributed by atoms with Gasteiger partial charge >= 0.3 is 0 Å². The highest BCUT2D eigenvalue weighted by molar-refractivity contribution is 5.77. The average molecular weight is 242 g/mol. The van der Waals surface area contributed by atoms with Crippen LogP contribution >= 0.6 is 0 Å². The summed E-state index contributed by atoms with van der Waals surface area (Å²) in [5, 5.41) is 19.7. The Hall–Kier alpha value is -1.96. The molecule has 0 unspecified atom stereocenters. The van der Waals surface area contributed by atoms with Gasteiger partial charge in [-0.25, -0.2) is 0 Å². The fourth-order valence-electron chi connectivity index (χ4n) is 2.34. The molecule has 2 aromatic rings. The zero-order chi connectivity index (χ0) is 13.1. The minimum absolute atomic E-state index is 0.285. The fraction of sp³-hybridized carbons (Fsp3) is 0.250. The molecule has 0 saturated heterocycles. The molecule has 18 heavy (non-hydrogen) atoms. The summed E-state index contributed by atoms with van der Waals surface area (Å²) in [5.74, 6) is 0.579. The van der Waals surface area contributed by atoms with Gasteiger partial charge in [0, 0.05) is 5.56 Å². The number of hydrogen-bond acceptors (Lipinski definition) is 2. The zero-order valence-electron chi connectivity index (χ0n) is 10.8. The smallest absolute Gasteiger partial charge is 0.123 e. The lowest BCUT2D eigenvalue weighted by Crippen LogP contribution is -1.95. The molecule has 0 aliphatic carbocycles. The van der Waals surface area contributed by atoms with Gasteiger partial charge in [-0.1, -0.05) is 32.0 Å². The maximum absolute atomic E-state index is 10.0. The predicted octanol–water partition coefficient (Wildman–Crippen LogP) is 3.89. The summed E-state index contributed by atoms with van der Waals surface area (Å²) in [6.07, 6.45) is 1.65. The molecule has 0 saturated carbocycles. The molecule has 0 aliphatic rings. The molecule has 2 nitrogen and oxygen atoms in total. The first-order chi connectivity index (χ1) is 8.67. The summed E-state index contributed by atoms with van der Waals surface area (Å²) in [7, 11) is 0. The first kappa shape index (κ1) is 12.5. The molecular weight excluding hydrogens is 224 g/mol. The Morgan fingerprint density at radius 2 is 1.44 bits per heavy atom. The molecule has 0 heterocycles. The summed E-state index contributed by atoms with van der Waals surface area (Å²) in [4.78, 5) is 0. The van der Waals surface area contributed by atoms with Crippen LogP contribution in [0.2, 0.25) is 0 Å². The minimum atomic E-state index is 0.285. The first-order valence-electron chi connectivity index (χ1n) is 6.30. The van der Waals surface area contributed by atoms with Crippen LogP contribution in [0, 0.1) is 0 Å². The quantitative estimate of drug-likeness (QED) is 0.857. The van der Waals surface area contributed by atoms with Crippen molar-refractivity contribution in [3.8, 4) is 22.6 Å². The maximum Gasteiger partial charge on any atom is 0.123 e. The highest BCUT2D eigenvalue weighted by atomic mass is 16.3. The highest BCUT2D eigenvalue weighted by Crippen LogP contribution is 2.36. The number of aromatic hydroxyl groups is 2. The molecule has 0 atom stereocenters. The van der Waals surface area contributed by atoms with Gasteiger partial charge in [0.15, 0.2) is 0 Å². The molecular formula is C16H18O2. The second-order valence-corrected chi connectivity index (χ2v) is 4.36. The normalized spacial score (nSPS) is 10.6. The van der Waals surface area contributed by atoms with Crippen LogP contribution in [0.5, 0.6) is 11.5 Å². The number of para-hydroxylation sites is 1. The van der Waals surface area contributed by atoms with Crippen molar-refractivity contribution < 1.29 is 10.2 Å². The fourth-order valence-corrected chi connectivity index (χ4v) is 2.34. The SMILES string of the molecule is CCc1cc(O)cc(CC)c1-c1ccccc1O. The predicted molar refractivity (Wildman–Crippen MR) is 74.0 cm³/mol. The van der Waals surface area contributed by atoms with Gasteiger partial charge in [-0.05, 0) is 47.7 Å². The van der Waals surface area contributed by atoms with Crippen molar-refractivity contribution in [2.45, 2.75) is 26.7 Å². The topological polar surface area (TPSA) is 40.5 Å². The van der Waals surface area contributed by atoms with Crippen LogP contribution in [0.15, 0.2) is 36.4 Å². The largest absolute Gasteiger partial charge is 0.508 e. The van der Waals surface area contributed by atoms with Gasteiger partial charge < -0.3 is 10.2 Å². The molecule has 0 fully saturated rings. The van der Waals surface area contributed by atoms with E-state index in [4.69, 9.17) is 0 Å². The van der Waals surface area contributed by atoms with Gasteiger partial charge in [0.25, 0.3) is 0 Å². The molecule has 0 amide bonds. The van der Waals surface area contributed by atoms with Crippen molar-refractivity contribution in [3.63, 3.8) is 0 Å². The highest BCUT2D eigenvalue weighted by Gasteiger charge is 2.13. The van der Waals surface area contributed by atoms with E-state index >= 15 is 0 Å². The molecule has 2 heteroatoms. The lowest BCUT2D eigenvalue weighted by Gasteiger charge is -2.15. The van der Waals surface area contributed by atoms with E-state index < -0.39 is 0 Å². The first-order valence-corrected chi connectivity index (χ1v) is 6.30. The molecule has 2 aromatic carbocycles. The Bertz CT molecular complexity index is 534. The van der Waals surface area contributed by atoms with E-state index in [1.54, 1.807) is 18.2 Å². The third-order valence-electron chi connectivity index (χ3n) is 3.22. The van der Waals surface area contributed by atoms with Crippen LogP contribution < -0.4 is 0 Å². The van der Waals surface area contributed by atoms with Crippen molar-refractivity contribution in [3.05, 3.63) is 47.5 Å². The Labute approximate surface area is 108 Å². The molecule has 2 rings (SSSR count). The van der Waals surface area contributed by atoms with E-state index in [0.717, 1.165) is 35.1 Å². The van der Waals surface area contributed by atoms with Gasteiger partial charge in [-0.15, -0.1) is 0 Å². The lowest BCUT2D eigenvalue weighted by atomic mass is 9.91. The van der Waals surface area contributed by atoms with Gasteiger partial charge in [0.1, 0.15) is 11.5 Å². The van der Waals surface area contributed by atoms with E-state index in [9.17, 15) is 10.2 Å². The van der Waals surface area contributed by atoms with E-state index in [1.807, 2.05) is 18.2 Å². The monoisotopic (exact) mass is 242 g/mol. The summed E-state index contributed by atoms with van der Waals surface area (Å²) in [5.41, 5.74) is 4.02. The maximum atomic E-state index is 10.0. The third-order valence-corrected chi connectivity index (χ3v) is 3.22. The van der Waals surface area contributed by atoms with Gasteiger partial charge in [0.05, 0.1) is 0 Å². The molecule has 0 radical (unpaired) electrons. The summed E-state index contributed by atoms with van der Waals surface area (Å²) in [6, 6.07) is 10.9. The van der Waals surface area contributed by atoms with Gasteiger partial charge in [0.2, 0.25) is 0 Å². The van der Waals surface area contributed by atoms with E-state index in [1.165, 1.54) is 0 Å². The van der Waals surface area contributed by atoms with Crippen LogP contribution in [-0.4, -0.2) is 10.2 Å². The van der Waals surface area contributed by atoms with Crippen LogP contribution in [0.4, 0.5) is 0 Å². The Balaban J connectivity index is 2.73. The van der Waals surface area contributed by atoms with Gasteiger partial charge in [-0.3, -0.25) is 0 Å². The molecule has 0 aromatic heterocycles. The van der Waals surface area contributed by atoms with Crippen LogP contribution in [-0.2, 0) is 12.8 Å². The lowest BCUT2D eigenvalue weighted by molar-refractivity contribution is 0.472. The zero-order valence-corrected chi connectivity index (χ0v) is 10.8. The molecule has 0 bridgehead atoms. The Morgan fingerprint density at radius 1 is 0.889 bits per heavy atom. The van der Waals surface area contributed by atoms with Gasteiger partial charge in [-0.2, -0.15) is 0 Å². The van der Waals surface area contributed by atoms with E-state index in [2.05, 4.69) is 13.8 Å². The number of benzene rings is 2. The van der Waals surface area contributed by atoms with Crippen molar-refractivity contribution in [2.75, 3.05) is 0 Å². The minimum Gasteiger partial charge on any atom is -0.508 e. The number of aryl methyl sites for hydroxylation is 2. The molecule has 0 spiro atoms. The molecule has 0 aliphatic heterocycles. The van der Waals surface area contributed by atoms with Crippen LogP contribution in [0.25, 0.3) is 11.1 Å². The van der Waals surface area contributed by atoms with E-state index in [0.29, 0.717) is 5.75 Å². The van der Waals surface area contributed by atoms with Crippen LogP contribution in [0.3, 0.4) is 0 Å². The summed E-state index contributed by atoms with van der Waals surface area (Å²) in [6.45, 7) is 4.11. The van der Waals surface area contributed by atoms with Crippen molar-refractivity contribution in [1.29, 1.82) is 0 Å². The number of phenols is 2. The average Bonchev–Trinajstić information content (AvgIpc) is 2.38. The van der Waals surface area contributed by atoms with Crippen molar-refractivity contribution in [1.82, 2.24) is 0 Å². The van der Waals surface area contributed by atoms with Crippen molar-refractivity contribution >= 4 is 0 Å². The standard InChI is InChI=1S/C16H18O2/c1-3-11-9-13(17)10-12(4-2)16(11)14-7-5-6-8-15(14)18/h5-10,17-18H,3-4H2,1-2H3. The Kier molecular flexibility index (Phi) is 3.56. The van der Waals surface area contributed by atoms with Crippen LogP contribution in [0.1, 0.15) is 25.0 Å². The molecule has 94 valence electrons. The van der Waals surface area contributed by atoms with E-state index in [-0.39, 0.29) is 5.75 Å². The number of rotatable bonds is 3. The Morgan fingerprint density at radius 3 is 1.94 bits per heavy atom. The molecule has 2 N–H and O–H groups in total. The number of phenolic OH excluding ortho intramolecular Hbond substituents is 2. The number of hydrogen-bond donors (Lipinski definition) is 2. The summed E-state index contributed by atoms with van der Waals surface area (Å²) < 4.78 is 0. The second kappa shape index (κ2) is 5.13. The van der Waals surface area contributed by atoms with Crippen molar-refractivity contribution in [2.24, 2.45) is 0 Å².